The van der Waals surface area contributed by atoms with Crippen molar-refractivity contribution in [2.24, 2.45) is 0 Å². The molecule has 1 atom stereocenters. The Kier molecular flexibility index (Phi) is 6.21. The highest BCUT2D eigenvalue weighted by atomic mass is 32.2. The molecule has 0 aliphatic carbocycles. The van der Waals surface area contributed by atoms with Gasteiger partial charge in [-0.15, -0.1) is 0 Å². The zero-order valence-corrected chi connectivity index (χ0v) is 10.9. The number of carbonyl (C=O) groups excluding carboxylic acids is 1. The van der Waals surface area contributed by atoms with Crippen LogP contribution in [0.15, 0.2) is 24.5 Å². The van der Waals surface area contributed by atoms with Crippen molar-refractivity contribution in [3.05, 3.63) is 30.1 Å². The van der Waals surface area contributed by atoms with Crippen molar-refractivity contribution in [1.82, 2.24) is 10.3 Å². The predicted octanol–water partition coefficient (Wildman–Crippen LogP) is 0.947. The lowest BCUT2D eigenvalue weighted by molar-refractivity contribution is -0.141. The third-order valence-corrected chi connectivity index (χ3v) is 3.00. The van der Waals surface area contributed by atoms with Gasteiger partial charge in [-0.2, -0.15) is 11.8 Å². The highest BCUT2D eigenvalue weighted by Gasteiger charge is 2.19. The Hall–Kier alpha value is -1.56. The number of nitrogens with zero attached hydrogens (tertiary/aromatic N) is 1. The zero-order chi connectivity index (χ0) is 13.4. The molecule has 1 heterocycles. The van der Waals surface area contributed by atoms with Crippen LogP contribution in [0.3, 0.4) is 0 Å². The number of aliphatic carboxylic acids is 1. The van der Waals surface area contributed by atoms with Gasteiger partial charge in [-0.05, 0) is 36.1 Å². The number of nitrogens with one attached hydrogen (secondary N) is 1. The Bertz CT molecular complexity index is 398. The van der Waals surface area contributed by atoms with Crippen molar-refractivity contribution in [2.75, 3.05) is 12.0 Å². The fraction of sp³-hybridized carbons (Fsp3) is 0.417. The third kappa shape index (κ3) is 5.18. The first kappa shape index (κ1) is 14.5. The van der Waals surface area contributed by atoms with Crippen LogP contribution in [0.1, 0.15) is 12.0 Å². The maximum Gasteiger partial charge on any atom is 0.326 e. The first-order chi connectivity index (χ1) is 8.63. The van der Waals surface area contributed by atoms with Gasteiger partial charge in [0.25, 0.3) is 0 Å². The molecule has 0 aliphatic heterocycles. The summed E-state index contributed by atoms with van der Waals surface area (Å²) in [7, 11) is 0. The Balaban J connectivity index is 2.48. The van der Waals surface area contributed by atoms with Crippen LogP contribution < -0.4 is 5.32 Å². The van der Waals surface area contributed by atoms with E-state index in [1.165, 1.54) is 0 Å². The number of carbonyl (C=O) groups is 2. The molecule has 0 fully saturated rings. The van der Waals surface area contributed by atoms with Crippen molar-refractivity contribution in [2.45, 2.75) is 18.9 Å². The van der Waals surface area contributed by atoms with Crippen LogP contribution in [0.25, 0.3) is 0 Å². The van der Waals surface area contributed by atoms with E-state index in [0.29, 0.717) is 12.2 Å². The molecule has 0 radical (unpaired) electrons. The number of hydrogen-bond donors (Lipinski definition) is 2. The van der Waals surface area contributed by atoms with Gasteiger partial charge in [-0.25, -0.2) is 4.79 Å². The van der Waals surface area contributed by atoms with Crippen LogP contribution in [0, 0.1) is 0 Å². The Labute approximate surface area is 110 Å². The van der Waals surface area contributed by atoms with Crippen molar-refractivity contribution >= 4 is 23.6 Å². The lowest BCUT2D eigenvalue weighted by atomic mass is 10.1. The Morgan fingerprint density at radius 2 is 2.11 bits per heavy atom. The van der Waals surface area contributed by atoms with Crippen LogP contribution >= 0.6 is 11.8 Å². The van der Waals surface area contributed by atoms with E-state index >= 15 is 0 Å². The molecule has 0 aromatic carbocycles. The second-order valence-electron chi connectivity index (χ2n) is 3.77. The normalized spacial score (nSPS) is 11.8. The molecule has 5 nitrogen and oxygen atoms in total. The molecule has 0 spiro atoms. The number of amides is 1. The minimum absolute atomic E-state index is 0.172. The van der Waals surface area contributed by atoms with Gasteiger partial charge in [0.05, 0.1) is 6.42 Å². The summed E-state index contributed by atoms with van der Waals surface area (Å²) < 4.78 is 0. The van der Waals surface area contributed by atoms with Crippen LogP contribution in [0.4, 0.5) is 0 Å². The van der Waals surface area contributed by atoms with Gasteiger partial charge in [0, 0.05) is 12.4 Å². The standard InChI is InChI=1S/C12H16N2O3S/c1-18-7-4-10(12(16)17)14-11(15)8-9-2-5-13-6-3-9/h2-3,5-6,10H,4,7-8H2,1H3,(H,14,15)(H,16,17)/t10-/m0/s1. The van der Waals surface area contributed by atoms with E-state index in [4.69, 9.17) is 5.11 Å². The minimum Gasteiger partial charge on any atom is -0.480 e. The van der Waals surface area contributed by atoms with Crippen LogP contribution in [-0.4, -0.2) is 40.0 Å². The van der Waals surface area contributed by atoms with Crippen LogP contribution in [-0.2, 0) is 16.0 Å². The summed E-state index contributed by atoms with van der Waals surface area (Å²) in [6.45, 7) is 0. The van der Waals surface area contributed by atoms with Gasteiger partial charge in [-0.3, -0.25) is 9.78 Å². The molecule has 0 bridgehead atoms. The molecule has 0 saturated heterocycles. The smallest absolute Gasteiger partial charge is 0.326 e. The quantitative estimate of drug-likeness (QED) is 0.769. The summed E-state index contributed by atoms with van der Waals surface area (Å²) in [4.78, 5) is 26.5. The highest BCUT2D eigenvalue weighted by Crippen LogP contribution is 2.03. The second-order valence-corrected chi connectivity index (χ2v) is 4.76. The molecular weight excluding hydrogens is 252 g/mol. The highest BCUT2D eigenvalue weighted by molar-refractivity contribution is 7.98. The van der Waals surface area contributed by atoms with Gasteiger partial charge >= 0.3 is 5.97 Å². The van der Waals surface area contributed by atoms with Gasteiger partial charge in [0.15, 0.2) is 0 Å². The maximum atomic E-state index is 11.7. The largest absolute Gasteiger partial charge is 0.480 e. The molecule has 0 unspecified atom stereocenters. The van der Waals surface area contributed by atoms with Crippen molar-refractivity contribution in [3.63, 3.8) is 0 Å². The number of rotatable bonds is 7. The number of aromatic nitrogens is 1. The maximum absolute atomic E-state index is 11.7. The molecule has 1 aromatic heterocycles. The molecule has 1 amide bonds. The summed E-state index contributed by atoms with van der Waals surface area (Å²) in [5.41, 5.74) is 0.816. The van der Waals surface area contributed by atoms with Crippen LogP contribution in [0.5, 0.6) is 0 Å². The molecular formula is C12H16N2O3S. The van der Waals surface area contributed by atoms with Crippen molar-refractivity contribution in [1.29, 1.82) is 0 Å². The lowest BCUT2D eigenvalue weighted by Crippen LogP contribution is -2.41. The third-order valence-electron chi connectivity index (χ3n) is 2.36. The summed E-state index contributed by atoms with van der Waals surface area (Å²) in [6, 6.07) is 2.65. The lowest BCUT2D eigenvalue weighted by Gasteiger charge is -2.13. The van der Waals surface area contributed by atoms with E-state index in [1.807, 2.05) is 6.26 Å². The molecule has 0 aliphatic rings. The fourth-order valence-electron chi connectivity index (χ4n) is 1.42. The van der Waals surface area contributed by atoms with Crippen molar-refractivity contribution < 1.29 is 14.7 Å². The second kappa shape index (κ2) is 7.71. The van der Waals surface area contributed by atoms with E-state index < -0.39 is 12.0 Å². The zero-order valence-electron chi connectivity index (χ0n) is 10.1. The van der Waals surface area contributed by atoms with E-state index in [1.54, 1.807) is 36.3 Å². The average molecular weight is 268 g/mol. The fourth-order valence-corrected chi connectivity index (χ4v) is 1.90. The minimum atomic E-state index is -0.993. The number of carboxylic acids is 1. The molecule has 1 aromatic rings. The molecule has 2 N–H and O–H groups in total. The van der Waals surface area contributed by atoms with E-state index in [0.717, 1.165) is 5.56 Å². The number of hydrogen-bond acceptors (Lipinski definition) is 4. The molecule has 1 rings (SSSR count). The molecule has 18 heavy (non-hydrogen) atoms. The van der Waals surface area contributed by atoms with Gasteiger partial charge in [0.1, 0.15) is 6.04 Å². The first-order valence-electron chi connectivity index (χ1n) is 5.53. The summed E-state index contributed by atoms with van der Waals surface area (Å²) in [6.07, 6.45) is 5.71. The van der Waals surface area contributed by atoms with Gasteiger partial charge < -0.3 is 10.4 Å². The Morgan fingerprint density at radius 1 is 1.44 bits per heavy atom. The Morgan fingerprint density at radius 3 is 2.67 bits per heavy atom. The SMILES string of the molecule is CSCC[C@H](NC(=O)Cc1ccncc1)C(=O)O. The molecule has 6 heteroatoms. The van der Waals surface area contributed by atoms with Crippen molar-refractivity contribution in [3.8, 4) is 0 Å². The van der Waals surface area contributed by atoms with Gasteiger partial charge in [-0.1, -0.05) is 0 Å². The van der Waals surface area contributed by atoms with Gasteiger partial charge in [0.2, 0.25) is 5.91 Å². The summed E-state index contributed by atoms with van der Waals surface area (Å²) in [5.74, 6) is -0.575. The van der Waals surface area contributed by atoms with E-state index in [-0.39, 0.29) is 12.3 Å². The number of thioether (sulfide) groups is 1. The first-order valence-corrected chi connectivity index (χ1v) is 6.93. The predicted molar refractivity (Wildman–Crippen MR) is 70.5 cm³/mol. The summed E-state index contributed by atoms with van der Waals surface area (Å²) >= 11 is 1.56. The van der Waals surface area contributed by atoms with E-state index in [9.17, 15) is 9.59 Å². The average Bonchev–Trinajstić information content (AvgIpc) is 2.35. The topological polar surface area (TPSA) is 79.3 Å². The molecule has 0 saturated carbocycles. The monoisotopic (exact) mass is 268 g/mol. The summed E-state index contributed by atoms with van der Waals surface area (Å²) in [5, 5.41) is 11.5. The van der Waals surface area contributed by atoms with E-state index in [2.05, 4.69) is 10.3 Å². The number of carboxylic acid groups (broad SMARTS) is 1. The molecule has 98 valence electrons. The van der Waals surface area contributed by atoms with Crippen LogP contribution in [0.2, 0.25) is 0 Å². The number of pyridine rings is 1.